The number of rotatable bonds is 4. The van der Waals surface area contributed by atoms with E-state index in [9.17, 15) is 13.2 Å². The standard InChI is InChI=1S/C12H16F3N3/c13-12(14,15)10-1-2-11(18-8-10)17-6-4-9-3-5-16-7-9/h1-2,8-9,16H,3-7H2,(H,17,18). The molecule has 2 N–H and O–H groups in total. The quantitative estimate of drug-likeness (QED) is 0.872. The molecule has 0 radical (unpaired) electrons. The van der Waals surface area contributed by atoms with E-state index in [1.165, 1.54) is 12.5 Å². The van der Waals surface area contributed by atoms with Crippen molar-refractivity contribution >= 4 is 5.82 Å². The first-order valence-corrected chi connectivity index (χ1v) is 6.03. The van der Waals surface area contributed by atoms with Crippen LogP contribution in [0.25, 0.3) is 0 Å². The highest BCUT2D eigenvalue weighted by Crippen LogP contribution is 2.28. The summed E-state index contributed by atoms with van der Waals surface area (Å²) < 4.78 is 36.9. The topological polar surface area (TPSA) is 37.0 Å². The smallest absolute Gasteiger partial charge is 0.370 e. The average Bonchev–Trinajstić information content (AvgIpc) is 2.82. The first-order valence-electron chi connectivity index (χ1n) is 6.03. The molecule has 0 spiro atoms. The lowest BCUT2D eigenvalue weighted by Crippen LogP contribution is -2.13. The van der Waals surface area contributed by atoms with Crippen molar-refractivity contribution in [3.05, 3.63) is 23.9 Å². The van der Waals surface area contributed by atoms with Crippen LogP contribution in [0.5, 0.6) is 0 Å². The number of alkyl halides is 3. The molecule has 6 heteroatoms. The molecule has 0 saturated carbocycles. The zero-order valence-electron chi connectivity index (χ0n) is 9.93. The number of halogens is 3. The van der Waals surface area contributed by atoms with Gasteiger partial charge in [-0.05, 0) is 44.0 Å². The summed E-state index contributed by atoms with van der Waals surface area (Å²) in [6, 6.07) is 2.42. The van der Waals surface area contributed by atoms with Gasteiger partial charge < -0.3 is 10.6 Å². The summed E-state index contributed by atoms with van der Waals surface area (Å²) >= 11 is 0. The van der Waals surface area contributed by atoms with Crippen molar-refractivity contribution in [3.8, 4) is 0 Å². The molecular weight excluding hydrogens is 243 g/mol. The summed E-state index contributed by atoms with van der Waals surface area (Å²) in [6.07, 6.45) is -1.28. The Bertz CT molecular complexity index is 369. The molecule has 18 heavy (non-hydrogen) atoms. The number of anilines is 1. The molecule has 1 aromatic heterocycles. The van der Waals surface area contributed by atoms with Crippen molar-refractivity contribution in [2.45, 2.75) is 19.0 Å². The average molecular weight is 259 g/mol. The summed E-state index contributed by atoms with van der Waals surface area (Å²) in [6.45, 7) is 2.83. The maximum Gasteiger partial charge on any atom is 0.417 e. The summed E-state index contributed by atoms with van der Waals surface area (Å²) in [5.41, 5.74) is -0.715. The van der Waals surface area contributed by atoms with Crippen LogP contribution in [0.1, 0.15) is 18.4 Å². The van der Waals surface area contributed by atoms with Crippen LogP contribution in [-0.4, -0.2) is 24.6 Å². The van der Waals surface area contributed by atoms with Crippen molar-refractivity contribution < 1.29 is 13.2 Å². The first-order chi connectivity index (χ1) is 8.55. The summed E-state index contributed by atoms with van der Waals surface area (Å²) in [5, 5.41) is 6.32. The summed E-state index contributed by atoms with van der Waals surface area (Å²) in [4.78, 5) is 3.76. The Morgan fingerprint density at radius 2 is 2.22 bits per heavy atom. The molecule has 3 nitrogen and oxygen atoms in total. The Morgan fingerprint density at radius 1 is 1.39 bits per heavy atom. The number of hydrogen-bond acceptors (Lipinski definition) is 3. The highest BCUT2D eigenvalue weighted by molar-refractivity contribution is 5.36. The maximum atomic E-state index is 12.3. The number of nitrogens with one attached hydrogen (secondary N) is 2. The van der Waals surface area contributed by atoms with E-state index in [-0.39, 0.29) is 0 Å². The van der Waals surface area contributed by atoms with Gasteiger partial charge in [0.15, 0.2) is 0 Å². The number of aromatic nitrogens is 1. The fourth-order valence-corrected chi connectivity index (χ4v) is 2.03. The number of nitrogens with zero attached hydrogens (tertiary/aromatic N) is 1. The van der Waals surface area contributed by atoms with E-state index in [4.69, 9.17) is 0 Å². The van der Waals surface area contributed by atoms with E-state index in [0.29, 0.717) is 11.7 Å². The first kappa shape index (κ1) is 13.1. The van der Waals surface area contributed by atoms with Crippen LogP contribution in [-0.2, 0) is 6.18 Å². The Labute approximate surface area is 104 Å². The summed E-state index contributed by atoms with van der Waals surface area (Å²) in [5.74, 6) is 1.15. The molecule has 1 aliphatic heterocycles. The number of hydrogen-bond donors (Lipinski definition) is 2. The van der Waals surface area contributed by atoms with Crippen molar-refractivity contribution in [1.29, 1.82) is 0 Å². The van der Waals surface area contributed by atoms with E-state index in [1.807, 2.05) is 0 Å². The molecule has 2 rings (SSSR count). The third-order valence-electron chi connectivity index (χ3n) is 3.11. The second kappa shape index (κ2) is 5.56. The molecule has 0 aliphatic carbocycles. The van der Waals surface area contributed by atoms with Crippen molar-refractivity contribution in [2.24, 2.45) is 5.92 Å². The molecule has 1 atom stereocenters. The lowest BCUT2D eigenvalue weighted by molar-refractivity contribution is -0.137. The van der Waals surface area contributed by atoms with Crippen molar-refractivity contribution in [1.82, 2.24) is 10.3 Å². The Morgan fingerprint density at radius 3 is 2.78 bits per heavy atom. The van der Waals surface area contributed by atoms with Crippen LogP contribution >= 0.6 is 0 Å². The normalized spacial score (nSPS) is 20.1. The van der Waals surface area contributed by atoms with E-state index in [0.717, 1.165) is 38.3 Å². The molecule has 0 amide bonds. The van der Waals surface area contributed by atoms with Crippen LogP contribution in [0.4, 0.5) is 19.0 Å². The van der Waals surface area contributed by atoms with E-state index < -0.39 is 11.7 Å². The zero-order chi connectivity index (χ0) is 13.0. The minimum Gasteiger partial charge on any atom is -0.370 e. The Hall–Kier alpha value is -1.30. The molecule has 1 saturated heterocycles. The van der Waals surface area contributed by atoms with Gasteiger partial charge in [-0.1, -0.05) is 0 Å². The van der Waals surface area contributed by atoms with Crippen LogP contribution in [0.2, 0.25) is 0 Å². The zero-order valence-corrected chi connectivity index (χ0v) is 9.93. The van der Waals surface area contributed by atoms with Gasteiger partial charge in [-0.25, -0.2) is 4.98 Å². The van der Waals surface area contributed by atoms with Gasteiger partial charge in [-0.3, -0.25) is 0 Å². The highest BCUT2D eigenvalue weighted by atomic mass is 19.4. The SMILES string of the molecule is FC(F)(F)c1ccc(NCCC2CCNC2)nc1. The second-order valence-electron chi connectivity index (χ2n) is 4.50. The van der Waals surface area contributed by atoms with Crippen LogP contribution in [0.3, 0.4) is 0 Å². The summed E-state index contributed by atoms with van der Waals surface area (Å²) in [7, 11) is 0. The van der Waals surface area contributed by atoms with Crippen LogP contribution in [0, 0.1) is 5.92 Å². The minimum absolute atomic E-state index is 0.494. The molecule has 0 aromatic carbocycles. The van der Waals surface area contributed by atoms with Gasteiger partial charge in [0.05, 0.1) is 5.56 Å². The van der Waals surface area contributed by atoms with Gasteiger partial charge in [0.2, 0.25) is 0 Å². The van der Waals surface area contributed by atoms with Crippen molar-refractivity contribution in [3.63, 3.8) is 0 Å². The lowest BCUT2D eigenvalue weighted by Gasteiger charge is -2.10. The predicted octanol–water partition coefficient (Wildman–Crippen LogP) is 2.51. The molecule has 1 aromatic rings. The molecule has 0 bridgehead atoms. The predicted molar refractivity (Wildman–Crippen MR) is 63.3 cm³/mol. The molecule has 100 valence electrons. The fourth-order valence-electron chi connectivity index (χ4n) is 2.03. The minimum atomic E-state index is -4.32. The molecule has 1 aliphatic rings. The monoisotopic (exact) mass is 259 g/mol. The Kier molecular flexibility index (Phi) is 4.06. The third-order valence-corrected chi connectivity index (χ3v) is 3.11. The van der Waals surface area contributed by atoms with Gasteiger partial charge >= 0.3 is 6.18 Å². The van der Waals surface area contributed by atoms with Crippen molar-refractivity contribution in [2.75, 3.05) is 25.0 Å². The van der Waals surface area contributed by atoms with Gasteiger partial charge in [0.1, 0.15) is 5.82 Å². The van der Waals surface area contributed by atoms with Gasteiger partial charge in [0.25, 0.3) is 0 Å². The van der Waals surface area contributed by atoms with E-state index in [2.05, 4.69) is 15.6 Å². The largest absolute Gasteiger partial charge is 0.417 e. The van der Waals surface area contributed by atoms with Crippen LogP contribution < -0.4 is 10.6 Å². The number of pyridine rings is 1. The maximum absolute atomic E-state index is 12.3. The van der Waals surface area contributed by atoms with Crippen LogP contribution in [0.15, 0.2) is 18.3 Å². The molecule has 2 heterocycles. The molecule has 1 fully saturated rings. The van der Waals surface area contributed by atoms with Gasteiger partial charge in [-0.15, -0.1) is 0 Å². The van der Waals surface area contributed by atoms with E-state index in [1.54, 1.807) is 0 Å². The highest BCUT2D eigenvalue weighted by Gasteiger charge is 2.30. The molecule has 1 unspecified atom stereocenters. The fraction of sp³-hybridized carbons (Fsp3) is 0.583. The van der Waals surface area contributed by atoms with Gasteiger partial charge in [0, 0.05) is 12.7 Å². The Balaban J connectivity index is 1.79. The molecular formula is C12H16F3N3. The van der Waals surface area contributed by atoms with Gasteiger partial charge in [-0.2, -0.15) is 13.2 Å². The third kappa shape index (κ3) is 3.60. The van der Waals surface area contributed by atoms with E-state index >= 15 is 0 Å². The lowest BCUT2D eigenvalue weighted by atomic mass is 10.1. The second-order valence-corrected chi connectivity index (χ2v) is 4.50.